The number of halogens is 1. The molecule has 1 aromatic heterocycles. The van der Waals surface area contributed by atoms with Crippen molar-refractivity contribution in [1.29, 1.82) is 0 Å². The molecule has 3 aromatic rings. The smallest absolute Gasteiger partial charge is 0.241 e. The number of rotatable bonds is 5. The van der Waals surface area contributed by atoms with Crippen LogP contribution in [0.15, 0.2) is 53.6 Å². The maximum absolute atomic E-state index is 14.2. The molecule has 2 saturated heterocycles. The zero-order valence-corrected chi connectivity index (χ0v) is 17.2. The molecule has 3 atom stereocenters. The first kappa shape index (κ1) is 19.4. The fourth-order valence-corrected chi connectivity index (χ4v) is 5.74. The highest BCUT2D eigenvalue weighted by Crippen LogP contribution is 2.38. The number of fused-ring (bicyclic) bond motifs is 3. The Labute approximate surface area is 174 Å². The first-order valence-electron chi connectivity index (χ1n) is 9.86. The SMILES string of the molecule is COc1cc(S(=O)(=O)N[C@@H]2C[C@@H]3CC[C@H]2O3)ccc1-c1ccc(F)c2cccnc12. The van der Waals surface area contributed by atoms with E-state index in [0.29, 0.717) is 34.2 Å². The van der Waals surface area contributed by atoms with Crippen LogP contribution in [0.3, 0.4) is 0 Å². The highest BCUT2D eigenvalue weighted by molar-refractivity contribution is 7.89. The Balaban J connectivity index is 1.52. The number of methoxy groups -OCH3 is 1. The first-order valence-corrected chi connectivity index (χ1v) is 11.3. The standard InChI is InChI=1S/C22H21FN2O4S/c1-28-21-12-14(30(26,27)25-19-11-13-4-9-20(19)29-13)5-6-15(21)16-7-8-18(23)17-3-2-10-24-22(16)17/h2-3,5-8,10,12-13,19-20,25H,4,9,11H2,1H3/t13-,19+,20+/m0/s1. The van der Waals surface area contributed by atoms with E-state index in [0.717, 1.165) is 12.8 Å². The zero-order chi connectivity index (χ0) is 20.9. The monoisotopic (exact) mass is 428 g/mol. The van der Waals surface area contributed by atoms with Crippen LogP contribution < -0.4 is 9.46 Å². The molecule has 1 N–H and O–H groups in total. The van der Waals surface area contributed by atoms with Crippen molar-refractivity contribution in [2.75, 3.05) is 7.11 Å². The topological polar surface area (TPSA) is 77.5 Å². The zero-order valence-electron chi connectivity index (χ0n) is 16.3. The van der Waals surface area contributed by atoms with Crippen LogP contribution in [-0.2, 0) is 14.8 Å². The van der Waals surface area contributed by atoms with Crippen molar-refractivity contribution in [3.8, 4) is 16.9 Å². The van der Waals surface area contributed by atoms with Gasteiger partial charge in [-0.25, -0.2) is 17.5 Å². The summed E-state index contributed by atoms with van der Waals surface area (Å²) in [6.07, 6.45) is 4.27. The Morgan fingerprint density at radius 3 is 2.73 bits per heavy atom. The molecular weight excluding hydrogens is 407 g/mol. The predicted octanol–water partition coefficient (Wildman–Crippen LogP) is 3.65. The fourth-order valence-electron chi connectivity index (χ4n) is 4.45. The normalized spacial score (nSPS) is 23.2. The van der Waals surface area contributed by atoms with Gasteiger partial charge in [0.1, 0.15) is 11.6 Å². The minimum atomic E-state index is -3.73. The number of pyridine rings is 1. The summed E-state index contributed by atoms with van der Waals surface area (Å²) in [5.74, 6) is 0.0120. The molecule has 3 heterocycles. The highest BCUT2D eigenvalue weighted by Gasteiger charge is 2.42. The van der Waals surface area contributed by atoms with E-state index in [1.807, 2.05) is 0 Å². The number of hydrogen-bond donors (Lipinski definition) is 1. The van der Waals surface area contributed by atoms with Crippen molar-refractivity contribution in [2.24, 2.45) is 0 Å². The molecule has 6 nitrogen and oxygen atoms in total. The molecule has 2 fully saturated rings. The van der Waals surface area contributed by atoms with Crippen LogP contribution >= 0.6 is 0 Å². The number of sulfonamides is 1. The van der Waals surface area contributed by atoms with E-state index in [1.54, 1.807) is 30.5 Å². The molecule has 30 heavy (non-hydrogen) atoms. The maximum atomic E-state index is 14.2. The van der Waals surface area contributed by atoms with Crippen LogP contribution in [-0.4, -0.2) is 38.8 Å². The molecule has 2 bridgehead atoms. The summed E-state index contributed by atoms with van der Waals surface area (Å²) in [5, 5.41) is 0.395. The van der Waals surface area contributed by atoms with Crippen molar-refractivity contribution in [2.45, 2.75) is 42.4 Å². The van der Waals surface area contributed by atoms with Crippen LogP contribution in [0.2, 0.25) is 0 Å². The van der Waals surface area contributed by atoms with E-state index >= 15 is 0 Å². The minimum absolute atomic E-state index is 0.0532. The van der Waals surface area contributed by atoms with Gasteiger partial charge in [0, 0.05) is 28.8 Å². The molecule has 0 amide bonds. The predicted molar refractivity (Wildman–Crippen MR) is 110 cm³/mol. The van der Waals surface area contributed by atoms with Crippen molar-refractivity contribution in [3.63, 3.8) is 0 Å². The third kappa shape index (κ3) is 3.25. The van der Waals surface area contributed by atoms with Gasteiger partial charge in [-0.3, -0.25) is 4.98 Å². The quantitative estimate of drug-likeness (QED) is 0.671. The van der Waals surface area contributed by atoms with Gasteiger partial charge in [0.15, 0.2) is 0 Å². The molecule has 2 aliphatic heterocycles. The molecule has 0 unspecified atom stereocenters. The van der Waals surface area contributed by atoms with E-state index in [4.69, 9.17) is 9.47 Å². The molecule has 0 radical (unpaired) electrons. The number of hydrogen-bond acceptors (Lipinski definition) is 5. The average molecular weight is 428 g/mol. The molecule has 8 heteroatoms. The van der Waals surface area contributed by atoms with Gasteiger partial charge in [0.2, 0.25) is 10.0 Å². The number of benzene rings is 2. The Morgan fingerprint density at radius 2 is 2.00 bits per heavy atom. The fraction of sp³-hybridized carbons (Fsp3) is 0.318. The number of aromatic nitrogens is 1. The lowest BCUT2D eigenvalue weighted by atomic mass is 9.96. The van der Waals surface area contributed by atoms with E-state index in [-0.39, 0.29) is 29.0 Å². The molecule has 0 spiro atoms. The summed E-state index contributed by atoms with van der Waals surface area (Å²) in [4.78, 5) is 4.43. The molecule has 0 aliphatic carbocycles. The summed E-state index contributed by atoms with van der Waals surface area (Å²) >= 11 is 0. The van der Waals surface area contributed by atoms with E-state index in [1.165, 1.54) is 25.3 Å². The Bertz CT molecular complexity index is 1230. The van der Waals surface area contributed by atoms with Crippen LogP contribution in [0.1, 0.15) is 19.3 Å². The summed E-state index contributed by atoms with van der Waals surface area (Å²) in [6.45, 7) is 0. The van der Waals surface area contributed by atoms with Crippen LogP contribution in [0.4, 0.5) is 4.39 Å². The third-order valence-corrected chi connectivity index (χ3v) is 7.39. The van der Waals surface area contributed by atoms with E-state index < -0.39 is 10.0 Å². The average Bonchev–Trinajstić information content (AvgIpc) is 3.37. The molecular formula is C22H21FN2O4S. The molecule has 5 rings (SSSR count). The van der Waals surface area contributed by atoms with Crippen molar-refractivity contribution in [3.05, 3.63) is 54.5 Å². The molecule has 2 aromatic carbocycles. The second-order valence-electron chi connectivity index (χ2n) is 7.69. The minimum Gasteiger partial charge on any atom is -0.496 e. The molecule has 2 aliphatic rings. The second kappa shape index (κ2) is 7.30. The number of nitrogens with one attached hydrogen (secondary N) is 1. The summed E-state index contributed by atoms with van der Waals surface area (Å²) in [7, 11) is -2.25. The maximum Gasteiger partial charge on any atom is 0.241 e. The summed E-state index contributed by atoms with van der Waals surface area (Å²) in [6, 6.07) is 10.8. The Hall–Kier alpha value is -2.55. The van der Waals surface area contributed by atoms with Crippen molar-refractivity contribution in [1.82, 2.24) is 9.71 Å². The molecule has 0 saturated carbocycles. The first-order chi connectivity index (χ1) is 14.5. The summed E-state index contributed by atoms with van der Waals surface area (Å²) < 4.78 is 54.1. The van der Waals surface area contributed by atoms with Gasteiger partial charge in [-0.05, 0) is 55.7 Å². The largest absolute Gasteiger partial charge is 0.496 e. The van der Waals surface area contributed by atoms with Gasteiger partial charge >= 0.3 is 0 Å². The van der Waals surface area contributed by atoms with E-state index in [2.05, 4.69) is 9.71 Å². The van der Waals surface area contributed by atoms with Gasteiger partial charge in [0.05, 0.1) is 35.8 Å². The van der Waals surface area contributed by atoms with Crippen molar-refractivity contribution < 1.29 is 22.3 Å². The Morgan fingerprint density at radius 1 is 1.17 bits per heavy atom. The van der Waals surface area contributed by atoms with E-state index in [9.17, 15) is 12.8 Å². The van der Waals surface area contributed by atoms with Gasteiger partial charge in [-0.15, -0.1) is 0 Å². The van der Waals surface area contributed by atoms with Gasteiger partial charge in [0.25, 0.3) is 0 Å². The molecule has 156 valence electrons. The van der Waals surface area contributed by atoms with Gasteiger partial charge in [-0.2, -0.15) is 0 Å². The van der Waals surface area contributed by atoms with Gasteiger partial charge in [-0.1, -0.05) is 0 Å². The van der Waals surface area contributed by atoms with Crippen LogP contribution in [0.25, 0.3) is 22.0 Å². The van der Waals surface area contributed by atoms with Crippen LogP contribution in [0, 0.1) is 5.82 Å². The van der Waals surface area contributed by atoms with Crippen LogP contribution in [0.5, 0.6) is 5.75 Å². The second-order valence-corrected chi connectivity index (χ2v) is 9.41. The lowest BCUT2D eigenvalue weighted by molar-refractivity contribution is 0.0996. The lowest BCUT2D eigenvalue weighted by Crippen LogP contribution is -2.41. The third-order valence-electron chi connectivity index (χ3n) is 5.90. The Kier molecular flexibility index (Phi) is 4.72. The van der Waals surface area contributed by atoms with Crippen molar-refractivity contribution >= 4 is 20.9 Å². The number of nitrogens with zero attached hydrogens (tertiary/aromatic N) is 1. The number of ether oxygens (including phenoxy) is 2. The lowest BCUT2D eigenvalue weighted by Gasteiger charge is -2.20. The van der Waals surface area contributed by atoms with Gasteiger partial charge < -0.3 is 9.47 Å². The summed E-state index contributed by atoms with van der Waals surface area (Å²) in [5.41, 5.74) is 1.80. The highest BCUT2D eigenvalue weighted by atomic mass is 32.2.